The first kappa shape index (κ1) is 20.9. The molecule has 0 aromatic heterocycles. The molecule has 2 heteroatoms. The molecule has 0 unspecified atom stereocenters. The number of hydrogen-bond acceptors (Lipinski definition) is 2. The maximum atomic E-state index is 3.77. The van der Waals surface area contributed by atoms with Gasteiger partial charge in [-0.05, 0) is 71.6 Å². The molecule has 0 aromatic rings. The van der Waals surface area contributed by atoms with E-state index in [0.717, 1.165) is 24.9 Å². The van der Waals surface area contributed by atoms with Crippen molar-refractivity contribution in [2.45, 2.75) is 93.2 Å². The van der Waals surface area contributed by atoms with E-state index in [9.17, 15) is 0 Å². The summed E-state index contributed by atoms with van der Waals surface area (Å²) in [6, 6.07) is 0. The first-order chi connectivity index (χ1) is 9.25. The maximum Gasteiger partial charge on any atom is 0.00967 e. The van der Waals surface area contributed by atoms with Crippen LogP contribution in [0, 0.1) is 17.3 Å². The molecular formula is C19H42N2. The minimum atomic E-state index is 0.181. The molecule has 0 spiro atoms. The summed E-state index contributed by atoms with van der Waals surface area (Å²) in [7, 11) is 0. The van der Waals surface area contributed by atoms with Gasteiger partial charge in [0.15, 0.2) is 0 Å². The van der Waals surface area contributed by atoms with Gasteiger partial charge in [0.1, 0.15) is 0 Å². The van der Waals surface area contributed by atoms with Crippen molar-refractivity contribution in [3.8, 4) is 0 Å². The molecule has 0 saturated heterocycles. The van der Waals surface area contributed by atoms with E-state index >= 15 is 0 Å². The molecule has 0 aliphatic heterocycles. The highest BCUT2D eigenvalue weighted by Crippen LogP contribution is 2.34. The average Bonchev–Trinajstić information content (AvgIpc) is 2.20. The SMILES string of the molecule is CC(C)CC(CNC(C)(C)C)(CNC(C)(C)C)CC(C)C. The summed E-state index contributed by atoms with van der Waals surface area (Å²) in [6.07, 6.45) is 2.55. The molecule has 0 atom stereocenters. The zero-order valence-corrected chi connectivity index (χ0v) is 16.5. The largest absolute Gasteiger partial charge is 0.311 e. The van der Waals surface area contributed by atoms with E-state index in [4.69, 9.17) is 0 Å². The van der Waals surface area contributed by atoms with E-state index in [2.05, 4.69) is 79.9 Å². The third-order valence-electron chi connectivity index (χ3n) is 3.67. The van der Waals surface area contributed by atoms with Crippen molar-refractivity contribution < 1.29 is 0 Å². The Morgan fingerprint density at radius 3 is 1.10 bits per heavy atom. The third-order valence-corrected chi connectivity index (χ3v) is 3.67. The lowest BCUT2D eigenvalue weighted by molar-refractivity contribution is 0.142. The summed E-state index contributed by atoms with van der Waals surface area (Å²) in [5.74, 6) is 1.46. The van der Waals surface area contributed by atoms with Crippen LogP contribution < -0.4 is 10.6 Å². The van der Waals surface area contributed by atoms with Crippen LogP contribution in [0.15, 0.2) is 0 Å². The van der Waals surface area contributed by atoms with E-state index in [1.807, 2.05) is 0 Å². The number of rotatable bonds is 8. The fourth-order valence-electron chi connectivity index (χ4n) is 3.07. The van der Waals surface area contributed by atoms with Gasteiger partial charge in [-0.1, -0.05) is 27.7 Å². The van der Waals surface area contributed by atoms with Crippen LogP contribution in [-0.2, 0) is 0 Å². The van der Waals surface area contributed by atoms with Crippen LogP contribution in [0.3, 0.4) is 0 Å². The Morgan fingerprint density at radius 2 is 0.905 bits per heavy atom. The predicted octanol–water partition coefficient (Wildman–Crippen LogP) is 4.84. The van der Waals surface area contributed by atoms with Gasteiger partial charge in [0, 0.05) is 24.2 Å². The first-order valence-electron chi connectivity index (χ1n) is 8.75. The van der Waals surface area contributed by atoms with Crippen LogP contribution in [0.1, 0.15) is 82.1 Å². The number of nitrogens with one attached hydrogen (secondary N) is 2. The third kappa shape index (κ3) is 11.2. The minimum absolute atomic E-state index is 0.181. The summed E-state index contributed by atoms with van der Waals surface area (Å²) < 4.78 is 0. The first-order valence-corrected chi connectivity index (χ1v) is 8.75. The molecule has 0 fully saturated rings. The summed E-state index contributed by atoms with van der Waals surface area (Å²) >= 11 is 0. The molecule has 0 heterocycles. The Bertz CT molecular complexity index is 249. The lowest BCUT2D eigenvalue weighted by Gasteiger charge is -2.41. The number of hydrogen-bond donors (Lipinski definition) is 2. The van der Waals surface area contributed by atoms with Crippen LogP contribution >= 0.6 is 0 Å². The van der Waals surface area contributed by atoms with Crippen LogP contribution in [0.25, 0.3) is 0 Å². The summed E-state index contributed by atoms with van der Waals surface area (Å²) in [5, 5.41) is 7.54. The summed E-state index contributed by atoms with van der Waals surface area (Å²) in [4.78, 5) is 0. The second-order valence-electron chi connectivity index (χ2n) is 9.90. The predicted molar refractivity (Wildman–Crippen MR) is 96.9 cm³/mol. The van der Waals surface area contributed by atoms with Gasteiger partial charge in [-0.25, -0.2) is 0 Å². The van der Waals surface area contributed by atoms with E-state index in [0.29, 0.717) is 5.41 Å². The van der Waals surface area contributed by atoms with Gasteiger partial charge in [0.25, 0.3) is 0 Å². The topological polar surface area (TPSA) is 24.1 Å². The monoisotopic (exact) mass is 298 g/mol. The van der Waals surface area contributed by atoms with Gasteiger partial charge < -0.3 is 10.6 Å². The van der Waals surface area contributed by atoms with E-state index in [-0.39, 0.29) is 11.1 Å². The Morgan fingerprint density at radius 1 is 0.619 bits per heavy atom. The minimum Gasteiger partial charge on any atom is -0.311 e. The van der Waals surface area contributed by atoms with Crippen LogP contribution in [0.2, 0.25) is 0 Å². The molecule has 0 rings (SSSR count). The molecule has 0 amide bonds. The molecule has 21 heavy (non-hydrogen) atoms. The summed E-state index contributed by atoms with van der Waals surface area (Å²) in [6.45, 7) is 25.2. The molecule has 0 aromatic carbocycles. The second kappa shape index (κ2) is 7.97. The molecule has 0 bridgehead atoms. The smallest absolute Gasteiger partial charge is 0.00967 e. The summed E-state index contributed by atoms with van der Waals surface area (Å²) in [5.41, 5.74) is 0.699. The Kier molecular flexibility index (Phi) is 7.94. The zero-order chi connectivity index (χ0) is 16.9. The molecule has 0 radical (unpaired) electrons. The van der Waals surface area contributed by atoms with E-state index < -0.39 is 0 Å². The fourth-order valence-corrected chi connectivity index (χ4v) is 3.07. The highest BCUT2D eigenvalue weighted by atomic mass is 15.0. The highest BCUT2D eigenvalue weighted by Gasteiger charge is 2.33. The maximum absolute atomic E-state index is 3.77. The van der Waals surface area contributed by atoms with Gasteiger partial charge >= 0.3 is 0 Å². The van der Waals surface area contributed by atoms with Gasteiger partial charge in [-0.2, -0.15) is 0 Å². The van der Waals surface area contributed by atoms with Crippen LogP contribution in [-0.4, -0.2) is 24.2 Å². The molecule has 0 saturated carbocycles. The lowest BCUT2D eigenvalue weighted by atomic mass is 9.73. The van der Waals surface area contributed by atoms with Crippen molar-refractivity contribution in [1.82, 2.24) is 10.6 Å². The fraction of sp³-hybridized carbons (Fsp3) is 1.00. The van der Waals surface area contributed by atoms with Gasteiger partial charge in [-0.15, -0.1) is 0 Å². The van der Waals surface area contributed by atoms with E-state index in [1.54, 1.807) is 0 Å². The lowest BCUT2D eigenvalue weighted by Crippen LogP contribution is -2.52. The normalized spacial score (nSPS) is 14.3. The van der Waals surface area contributed by atoms with Crippen molar-refractivity contribution in [3.05, 3.63) is 0 Å². The quantitative estimate of drug-likeness (QED) is 0.670. The van der Waals surface area contributed by atoms with Gasteiger partial charge in [0.2, 0.25) is 0 Å². The van der Waals surface area contributed by atoms with Crippen molar-refractivity contribution in [1.29, 1.82) is 0 Å². The highest BCUT2D eigenvalue weighted by molar-refractivity contribution is 4.90. The van der Waals surface area contributed by atoms with Crippen molar-refractivity contribution >= 4 is 0 Å². The molecule has 0 aliphatic carbocycles. The molecule has 128 valence electrons. The van der Waals surface area contributed by atoms with Gasteiger partial charge in [0.05, 0.1) is 0 Å². The average molecular weight is 299 g/mol. The molecule has 2 N–H and O–H groups in total. The van der Waals surface area contributed by atoms with E-state index in [1.165, 1.54) is 12.8 Å². The Hall–Kier alpha value is -0.0800. The zero-order valence-electron chi connectivity index (χ0n) is 16.5. The van der Waals surface area contributed by atoms with Crippen molar-refractivity contribution in [2.24, 2.45) is 17.3 Å². The van der Waals surface area contributed by atoms with Gasteiger partial charge in [-0.3, -0.25) is 0 Å². The molecule has 2 nitrogen and oxygen atoms in total. The van der Waals surface area contributed by atoms with Crippen molar-refractivity contribution in [2.75, 3.05) is 13.1 Å². The van der Waals surface area contributed by atoms with Crippen molar-refractivity contribution in [3.63, 3.8) is 0 Å². The molecular weight excluding hydrogens is 256 g/mol. The molecule has 0 aliphatic rings. The van der Waals surface area contributed by atoms with Crippen LogP contribution in [0.5, 0.6) is 0 Å². The second-order valence-corrected chi connectivity index (χ2v) is 9.90. The Labute approximate surface area is 134 Å². The standard InChI is InChI=1S/C19H42N2/c1-15(2)11-19(12-16(3)4,13-20-17(5,6)7)14-21-18(8,9)10/h15-16,20-21H,11-14H2,1-10H3. The Balaban J connectivity index is 5.10. The van der Waals surface area contributed by atoms with Crippen LogP contribution in [0.4, 0.5) is 0 Å².